The highest BCUT2D eigenvalue weighted by Crippen LogP contribution is 2.25. The van der Waals surface area contributed by atoms with Gasteiger partial charge in [-0.15, -0.1) is 11.3 Å². The first kappa shape index (κ1) is 16.5. The first-order valence-corrected chi connectivity index (χ1v) is 9.25. The highest BCUT2D eigenvalue weighted by Gasteiger charge is 2.15. The maximum atomic E-state index is 11.5. The van der Waals surface area contributed by atoms with E-state index in [1.54, 1.807) is 6.07 Å². The fraction of sp³-hybridized carbons (Fsp3) is 0.583. The van der Waals surface area contributed by atoms with Crippen LogP contribution in [0.3, 0.4) is 0 Å². The number of hydrogen-bond acceptors (Lipinski definition) is 5. The molecule has 1 aromatic heterocycles. The summed E-state index contributed by atoms with van der Waals surface area (Å²) in [5.74, 6) is -0.336. The van der Waals surface area contributed by atoms with Crippen molar-refractivity contribution in [2.75, 3.05) is 6.61 Å². The van der Waals surface area contributed by atoms with Gasteiger partial charge in [0.25, 0.3) is 9.05 Å². The summed E-state index contributed by atoms with van der Waals surface area (Å²) in [6, 6.07) is 2.98. The predicted molar refractivity (Wildman–Crippen MR) is 76.2 cm³/mol. The van der Waals surface area contributed by atoms with Gasteiger partial charge in [-0.3, -0.25) is 4.79 Å². The molecule has 0 atom stereocenters. The topological polar surface area (TPSA) is 60.4 Å². The van der Waals surface area contributed by atoms with Crippen LogP contribution in [0.5, 0.6) is 0 Å². The van der Waals surface area contributed by atoms with E-state index in [0.29, 0.717) is 11.5 Å². The van der Waals surface area contributed by atoms with E-state index in [-0.39, 0.29) is 16.6 Å². The van der Waals surface area contributed by atoms with Crippen LogP contribution >= 0.6 is 22.0 Å². The third-order valence-corrected chi connectivity index (χ3v) is 5.63. The number of carbonyl (C=O) groups is 1. The second kappa shape index (κ2) is 7.87. The Balaban J connectivity index is 2.35. The monoisotopic (exact) mass is 324 g/mol. The van der Waals surface area contributed by atoms with Crippen LogP contribution in [0.25, 0.3) is 0 Å². The minimum Gasteiger partial charge on any atom is -0.465 e. The van der Waals surface area contributed by atoms with Crippen molar-refractivity contribution < 1.29 is 17.9 Å². The Labute approximate surface area is 122 Å². The third kappa shape index (κ3) is 6.40. The number of ether oxygens (including phenoxy) is 1. The van der Waals surface area contributed by atoms with Gasteiger partial charge in [0.2, 0.25) is 0 Å². The zero-order valence-electron chi connectivity index (χ0n) is 10.7. The Morgan fingerprint density at radius 1 is 1.32 bits per heavy atom. The number of thiophene rings is 1. The molecular formula is C12H17ClO4S2. The Morgan fingerprint density at radius 3 is 2.63 bits per heavy atom. The van der Waals surface area contributed by atoms with Crippen molar-refractivity contribution in [3.05, 3.63) is 17.0 Å². The maximum absolute atomic E-state index is 11.5. The van der Waals surface area contributed by atoms with Crippen LogP contribution in [0.2, 0.25) is 0 Å². The largest absolute Gasteiger partial charge is 0.465 e. The van der Waals surface area contributed by atoms with E-state index in [1.165, 1.54) is 6.07 Å². The van der Waals surface area contributed by atoms with Gasteiger partial charge >= 0.3 is 5.97 Å². The Bertz CT molecular complexity index is 508. The van der Waals surface area contributed by atoms with Crippen molar-refractivity contribution in [1.82, 2.24) is 0 Å². The van der Waals surface area contributed by atoms with Crippen LogP contribution < -0.4 is 0 Å². The van der Waals surface area contributed by atoms with Crippen molar-refractivity contribution in [3.8, 4) is 0 Å². The smallest absolute Gasteiger partial charge is 0.311 e. The summed E-state index contributed by atoms with van der Waals surface area (Å²) in [5, 5.41) is 0. The second-order valence-electron chi connectivity index (χ2n) is 4.12. The van der Waals surface area contributed by atoms with Crippen molar-refractivity contribution in [3.63, 3.8) is 0 Å². The highest BCUT2D eigenvalue weighted by atomic mass is 35.7. The summed E-state index contributed by atoms with van der Waals surface area (Å²) in [7, 11) is 1.50. The summed E-state index contributed by atoms with van der Waals surface area (Å²) < 4.78 is 27.3. The molecule has 0 aliphatic rings. The minimum atomic E-state index is -3.71. The molecule has 1 rings (SSSR count). The van der Waals surface area contributed by atoms with Crippen LogP contribution in [0.1, 0.15) is 37.5 Å². The molecule has 0 amide bonds. The van der Waals surface area contributed by atoms with Gasteiger partial charge in [-0.25, -0.2) is 8.42 Å². The van der Waals surface area contributed by atoms with E-state index in [2.05, 4.69) is 6.92 Å². The summed E-state index contributed by atoms with van der Waals surface area (Å²) in [6.45, 7) is 2.54. The molecule has 1 aromatic rings. The van der Waals surface area contributed by atoms with Gasteiger partial charge < -0.3 is 4.74 Å². The molecule has 0 saturated heterocycles. The fourth-order valence-electron chi connectivity index (χ4n) is 1.49. The number of unbranched alkanes of at least 4 members (excludes halogenated alkanes) is 3. The molecule has 0 spiro atoms. The molecular weight excluding hydrogens is 308 g/mol. The van der Waals surface area contributed by atoms with Crippen molar-refractivity contribution >= 4 is 37.0 Å². The molecule has 7 heteroatoms. The molecule has 0 saturated carbocycles. The molecule has 19 heavy (non-hydrogen) atoms. The number of rotatable bonds is 8. The Hall–Kier alpha value is -0.590. The summed E-state index contributed by atoms with van der Waals surface area (Å²) in [5.41, 5.74) is 0. The molecule has 0 aliphatic carbocycles. The fourth-order valence-corrected chi connectivity index (χ4v) is 3.60. The molecule has 1 heterocycles. The molecule has 0 aliphatic heterocycles. The van der Waals surface area contributed by atoms with Crippen LogP contribution in [0, 0.1) is 0 Å². The maximum Gasteiger partial charge on any atom is 0.311 e. The van der Waals surface area contributed by atoms with Crippen molar-refractivity contribution in [1.29, 1.82) is 0 Å². The van der Waals surface area contributed by atoms with E-state index in [4.69, 9.17) is 15.4 Å². The Morgan fingerprint density at radius 2 is 2.05 bits per heavy atom. The van der Waals surface area contributed by atoms with E-state index < -0.39 is 9.05 Å². The Kier molecular flexibility index (Phi) is 6.82. The molecule has 0 fully saturated rings. The standard InChI is InChI=1S/C12H17ClO4S2/c1-2-3-4-5-8-17-11(14)9-10-6-7-12(18-10)19(13,15)16/h6-7H,2-5,8-9H2,1H3. The van der Waals surface area contributed by atoms with Crippen LogP contribution in [0.4, 0.5) is 0 Å². The van der Waals surface area contributed by atoms with Gasteiger partial charge in [0.1, 0.15) is 4.21 Å². The van der Waals surface area contributed by atoms with E-state index >= 15 is 0 Å². The van der Waals surface area contributed by atoms with E-state index in [9.17, 15) is 13.2 Å². The van der Waals surface area contributed by atoms with Crippen LogP contribution in [0.15, 0.2) is 16.3 Å². The summed E-state index contributed by atoms with van der Waals surface area (Å²) >= 11 is 0.995. The van der Waals surface area contributed by atoms with Crippen LogP contribution in [-0.2, 0) is 25.0 Å². The second-order valence-corrected chi connectivity index (χ2v) is 8.08. The van der Waals surface area contributed by atoms with E-state index in [1.807, 2.05) is 0 Å². The number of hydrogen-bond donors (Lipinski definition) is 0. The average molecular weight is 325 g/mol. The highest BCUT2D eigenvalue weighted by molar-refractivity contribution is 8.15. The van der Waals surface area contributed by atoms with Crippen molar-refractivity contribution in [2.24, 2.45) is 0 Å². The molecule has 0 bridgehead atoms. The zero-order valence-corrected chi connectivity index (χ0v) is 13.1. The lowest BCUT2D eigenvalue weighted by Crippen LogP contribution is -2.08. The number of esters is 1. The number of carbonyl (C=O) groups excluding carboxylic acids is 1. The van der Waals surface area contributed by atoms with E-state index in [0.717, 1.165) is 37.0 Å². The van der Waals surface area contributed by atoms with Gasteiger partial charge in [0.05, 0.1) is 13.0 Å². The third-order valence-electron chi connectivity index (χ3n) is 2.46. The first-order valence-electron chi connectivity index (χ1n) is 6.12. The predicted octanol–water partition coefficient (Wildman–Crippen LogP) is 3.34. The molecule has 0 radical (unpaired) electrons. The number of halogens is 1. The van der Waals surface area contributed by atoms with Gasteiger partial charge in [-0.2, -0.15) is 0 Å². The van der Waals surface area contributed by atoms with Gasteiger partial charge in [-0.05, 0) is 18.6 Å². The lowest BCUT2D eigenvalue weighted by molar-refractivity contribution is -0.142. The SMILES string of the molecule is CCCCCCOC(=O)Cc1ccc(S(=O)(=O)Cl)s1. The first-order chi connectivity index (χ1) is 8.93. The van der Waals surface area contributed by atoms with Crippen molar-refractivity contribution in [2.45, 2.75) is 43.2 Å². The molecule has 4 nitrogen and oxygen atoms in total. The summed E-state index contributed by atoms with van der Waals surface area (Å²) in [4.78, 5) is 12.1. The van der Waals surface area contributed by atoms with Gasteiger partial charge in [-0.1, -0.05) is 26.2 Å². The molecule has 108 valence electrons. The van der Waals surface area contributed by atoms with Crippen LogP contribution in [-0.4, -0.2) is 21.0 Å². The normalized spacial score (nSPS) is 11.5. The average Bonchev–Trinajstić information content (AvgIpc) is 2.77. The zero-order chi connectivity index (χ0) is 14.3. The van der Waals surface area contributed by atoms with Gasteiger partial charge in [0.15, 0.2) is 0 Å². The minimum absolute atomic E-state index is 0.0555. The molecule has 0 unspecified atom stereocenters. The molecule has 0 aromatic carbocycles. The quantitative estimate of drug-likeness (QED) is 0.418. The van der Waals surface area contributed by atoms with Gasteiger partial charge in [0, 0.05) is 15.6 Å². The molecule has 0 N–H and O–H groups in total. The summed E-state index contributed by atoms with van der Waals surface area (Å²) in [6.07, 6.45) is 4.28. The lowest BCUT2D eigenvalue weighted by Gasteiger charge is -2.03. The lowest BCUT2D eigenvalue weighted by atomic mass is 10.2.